The van der Waals surface area contributed by atoms with Gasteiger partial charge in [-0.05, 0) is 0 Å². The quantitative estimate of drug-likeness (QED) is 0.308. The number of nitrogens with zero attached hydrogens (tertiary/aromatic N) is 4. The van der Waals surface area contributed by atoms with Crippen molar-refractivity contribution in [3.05, 3.63) is 36.4 Å². The molecule has 0 aromatic carbocycles. The van der Waals surface area contributed by atoms with Crippen LogP contribution in [0.5, 0.6) is 0 Å². The van der Waals surface area contributed by atoms with Crippen molar-refractivity contribution in [2.45, 2.75) is 12.8 Å². The molecule has 8 nitrogen and oxygen atoms in total. The first-order valence-electron chi connectivity index (χ1n) is 5.74. The highest BCUT2D eigenvalue weighted by atomic mass is 15.6. The molecule has 0 fully saturated rings. The second-order valence-corrected chi connectivity index (χ2v) is 3.66. The molecule has 0 bridgehead atoms. The summed E-state index contributed by atoms with van der Waals surface area (Å²) in [5.41, 5.74) is 7.76. The molecule has 0 atom stereocenters. The Labute approximate surface area is 104 Å². The van der Waals surface area contributed by atoms with E-state index in [2.05, 4.69) is 41.2 Å². The van der Waals surface area contributed by atoms with Crippen LogP contribution in [0.3, 0.4) is 0 Å². The van der Waals surface area contributed by atoms with Crippen LogP contribution in [0, 0.1) is 0 Å². The van der Waals surface area contributed by atoms with E-state index in [1.165, 1.54) is 0 Å². The van der Waals surface area contributed by atoms with Crippen molar-refractivity contribution in [3.63, 3.8) is 0 Å². The predicted octanol–water partition coefficient (Wildman–Crippen LogP) is 0.379. The molecule has 18 heavy (non-hydrogen) atoms. The van der Waals surface area contributed by atoms with Crippen LogP contribution in [0.4, 0.5) is 0 Å². The summed E-state index contributed by atoms with van der Waals surface area (Å²) in [5, 5.41) is 7.76. The Balaban J connectivity index is 1.48. The number of rotatable bonds is 8. The minimum absolute atomic E-state index is 0.622. The summed E-state index contributed by atoms with van der Waals surface area (Å²) in [7, 11) is 0. The fraction of sp³-hybridized carbons (Fsp3) is 0.400. The van der Waals surface area contributed by atoms with Crippen molar-refractivity contribution < 1.29 is 0 Å². The Morgan fingerprint density at radius 1 is 1.06 bits per heavy atom. The maximum atomic E-state index is 3.96. The van der Waals surface area contributed by atoms with Gasteiger partial charge >= 0.3 is 0 Å². The van der Waals surface area contributed by atoms with Gasteiger partial charge in [-0.15, -0.1) is 0 Å². The van der Waals surface area contributed by atoms with Crippen LogP contribution in [0.1, 0.15) is 11.4 Å². The van der Waals surface area contributed by atoms with E-state index < -0.39 is 0 Å². The van der Waals surface area contributed by atoms with E-state index in [0.717, 1.165) is 30.8 Å². The second-order valence-electron chi connectivity index (χ2n) is 3.66. The smallest absolute Gasteiger partial charge is 0.0921 e. The topological polar surface area (TPSA) is 106 Å². The van der Waals surface area contributed by atoms with Gasteiger partial charge < -0.3 is 9.97 Å². The fourth-order valence-corrected chi connectivity index (χ4v) is 1.39. The SMILES string of the molecule is c1ncc(CCN=NNNCCc2cnc[nH]2)[nH]1. The highest BCUT2D eigenvalue weighted by molar-refractivity contribution is 4.94. The van der Waals surface area contributed by atoms with Gasteiger partial charge in [-0.3, -0.25) is 0 Å². The molecule has 2 aromatic heterocycles. The Morgan fingerprint density at radius 2 is 1.78 bits per heavy atom. The number of aromatic amines is 2. The molecule has 0 saturated heterocycles. The monoisotopic (exact) mass is 248 g/mol. The normalized spacial score (nSPS) is 11.1. The summed E-state index contributed by atoms with van der Waals surface area (Å²) < 4.78 is 0. The van der Waals surface area contributed by atoms with Gasteiger partial charge in [0, 0.05) is 43.2 Å². The minimum Gasteiger partial charge on any atom is -0.348 e. The predicted molar refractivity (Wildman–Crippen MR) is 65.4 cm³/mol. The van der Waals surface area contributed by atoms with Crippen molar-refractivity contribution in [3.8, 4) is 0 Å². The van der Waals surface area contributed by atoms with Crippen LogP contribution in [0.2, 0.25) is 0 Å². The number of hydrogen-bond donors (Lipinski definition) is 4. The maximum Gasteiger partial charge on any atom is 0.0921 e. The lowest BCUT2D eigenvalue weighted by Gasteiger charge is -2.00. The number of hydrogen-bond acceptors (Lipinski definition) is 5. The van der Waals surface area contributed by atoms with Gasteiger partial charge in [0.05, 0.1) is 19.2 Å². The van der Waals surface area contributed by atoms with Gasteiger partial charge in [-0.1, -0.05) is 5.22 Å². The molecule has 4 N–H and O–H groups in total. The summed E-state index contributed by atoms with van der Waals surface area (Å²) in [6.45, 7) is 1.37. The maximum absolute atomic E-state index is 3.96. The first-order valence-corrected chi connectivity index (χ1v) is 5.74. The molecule has 0 unspecified atom stereocenters. The molecular formula is C10H16N8. The van der Waals surface area contributed by atoms with Crippen molar-refractivity contribution in [1.29, 1.82) is 0 Å². The van der Waals surface area contributed by atoms with E-state index in [9.17, 15) is 0 Å². The lowest BCUT2D eigenvalue weighted by molar-refractivity contribution is 0.525. The van der Waals surface area contributed by atoms with E-state index in [4.69, 9.17) is 0 Å². The van der Waals surface area contributed by atoms with Gasteiger partial charge in [-0.2, -0.15) is 5.11 Å². The van der Waals surface area contributed by atoms with Gasteiger partial charge in [-0.25, -0.2) is 20.9 Å². The van der Waals surface area contributed by atoms with Crippen molar-refractivity contribution in [2.24, 2.45) is 10.3 Å². The van der Waals surface area contributed by atoms with E-state index in [1.807, 2.05) is 0 Å². The zero-order valence-corrected chi connectivity index (χ0v) is 9.93. The van der Waals surface area contributed by atoms with E-state index in [0.29, 0.717) is 6.54 Å². The lowest BCUT2D eigenvalue weighted by atomic mass is 10.3. The average Bonchev–Trinajstić information content (AvgIpc) is 3.05. The summed E-state index contributed by atoms with van der Waals surface area (Å²) in [5.74, 6) is 0. The van der Waals surface area contributed by atoms with Crippen LogP contribution in [-0.4, -0.2) is 33.0 Å². The largest absolute Gasteiger partial charge is 0.348 e. The molecular weight excluding hydrogens is 232 g/mol. The van der Waals surface area contributed by atoms with Gasteiger partial charge in [0.25, 0.3) is 0 Å². The van der Waals surface area contributed by atoms with Crippen LogP contribution in [0.15, 0.2) is 35.4 Å². The molecule has 0 spiro atoms. The molecule has 2 aromatic rings. The minimum atomic E-state index is 0.622. The van der Waals surface area contributed by atoms with Crippen LogP contribution in [0.25, 0.3) is 0 Å². The molecule has 2 rings (SSSR count). The number of hydrazine groups is 1. The lowest BCUT2D eigenvalue weighted by Crippen LogP contribution is -2.28. The average molecular weight is 248 g/mol. The first kappa shape index (κ1) is 12.2. The molecule has 0 saturated carbocycles. The molecule has 0 aliphatic rings. The van der Waals surface area contributed by atoms with Crippen molar-refractivity contribution >= 4 is 0 Å². The highest BCUT2D eigenvalue weighted by Crippen LogP contribution is 1.92. The number of imidazole rings is 2. The van der Waals surface area contributed by atoms with Gasteiger partial charge in [0.2, 0.25) is 0 Å². The zero-order chi connectivity index (χ0) is 12.5. The van der Waals surface area contributed by atoms with Gasteiger partial charge in [0.1, 0.15) is 0 Å². The second kappa shape index (κ2) is 7.17. The Morgan fingerprint density at radius 3 is 2.44 bits per heavy atom. The fourth-order valence-electron chi connectivity index (χ4n) is 1.39. The highest BCUT2D eigenvalue weighted by Gasteiger charge is 1.92. The Kier molecular flexibility index (Phi) is 4.88. The summed E-state index contributed by atoms with van der Waals surface area (Å²) >= 11 is 0. The van der Waals surface area contributed by atoms with Crippen molar-refractivity contribution in [2.75, 3.05) is 13.1 Å². The first-order chi connectivity index (χ1) is 8.95. The third-order valence-electron chi connectivity index (χ3n) is 2.31. The summed E-state index contributed by atoms with van der Waals surface area (Å²) in [6, 6.07) is 0. The van der Waals surface area contributed by atoms with E-state index in [1.54, 1.807) is 25.0 Å². The summed E-state index contributed by atoms with van der Waals surface area (Å²) in [6.07, 6.45) is 8.56. The molecule has 2 heterocycles. The zero-order valence-electron chi connectivity index (χ0n) is 9.93. The van der Waals surface area contributed by atoms with Crippen LogP contribution >= 0.6 is 0 Å². The molecule has 0 radical (unpaired) electrons. The van der Waals surface area contributed by atoms with Gasteiger partial charge in [0.15, 0.2) is 0 Å². The van der Waals surface area contributed by atoms with Crippen LogP contribution in [-0.2, 0) is 12.8 Å². The summed E-state index contributed by atoms with van der Waals surface area (Å²) in [4.78, 5) is 13.9. The van der Waals surface area contributed by atoms with E-state index in [-0.39, 0.29) is 0 Å². The third kappa shape index (κ3) is 4.34. The van der Waals surface area contributed by atoms with E-state index >= 15 is 0 Å². The standard InChI is InChI=1S/C10H16N8/c1(9-5-11-7-13-9)3-15-17-18-16-4-2-10-6-12-8-14-10/h5-8H,1-4H2,(H,11,13)(H,12,14)(H,15,18)(H,16,17). The molecule has 8 heteroatoms. The van der Waals surface area contributed by atoms with Crippen molar-refractivity contribution in [1.82, 2.24) is 30.9 Å². The Bertz CT molecular complexity index is 432. The van der Waals surface area contributed by atoms with Crippen LogP contribution < -0.4 is 11.0 Å². The Hall–Kier alpha value is -2.22. The molecule has 0 aliphatic heterocycles. The molecule has 0 aliphatic carbocycles. The molecule has 0 amide bonds. The molecule has 96 valence electrons. The third-order valence-corrected chi connectivity index (χ3v) is 2.31. The number of aromatic nitrogens is 4. The number of H-pyrrole nitrogens is 2. The number of nitrogens with one attached hydrogen (secondary N) is 4.